The molecule has 0 radical (unpaired) electrons. The highest BCUT2D eigenvalue weighted by Gasteiger charge is 2.36. The van der Waals surface area contributed by atoms with Gasteiger partial charge in [-0.1, -0.05) is 45.9 Å². The number of phenols is 1. The molecule has 0 unspecified atom stereocenters. The highest BCUT2D eigenvalue weighted by molar-refractivity contribution is 5.90. The number of rotatable bonds is 4. The minimum absolute atomic E-state index is 0.130. The maximum Gasteiger partial charge on any atom is 0.339 e. The number of carboxylic acid groups (broad SMARTS) is 1. The van der Waals surface area contributed by atoms with E-state index in [0.29, 0.717) is 12.4 Å². The topological polar surface area (TPSA) is 66.8 Å². The minimum atomic E-state index is -1.16. The fraction of sp³-hybridized carbons (Fsp3) is 0.409. The molecule has 2 N–H and O–H groups in total. The third-order valence-corrected chi connectivity index (χ3v) is 5.52. The van der Waals surface area contributed by atoms with Crippen LogP contribution in [0.25, 0.3) is 0 Å². The number of hydrogen-bond acceptors (Lipinski definition) is 3. The Hall–Kier alpha value is -2.49. The average molecular weight is 354 g/mol. The second-order valence-corrected chi connectivity index (χ2v) is 8.42. The quantitative estimate of drug-likeness (QED) is 0.809. The standard InChI is InChI=1S/C22H26O4/c1-21(2)9-10-22(3,4)18-11-14(5-8-17(18)21)13-26-15-6-7-16(20(24)25)19(23)12-15/h5-8,11-12,23H,9-10,13H2,1-4H3,(H,24,25). The molecule has 0 saturated carbocycles. The van der Waals surface area contributed by atoms with Gasteiger partial charge in [0.15, 0.2) is 0 Å². The maximum absolute atomic E-state index is 11.0. The largest absolute Gasteiger partial charge is 0.507 e. The van der Waals surface area contributed by atoms with Crippen LogP contribution in [0.2, 0.25) is 0 Å². The molecule has 1 aliphatic rings. The number of fused-ring (bicyclic) bond motifs is 1. The first-order valence-electron chi connectivity index (χ1n) is 8.93. The first kappa shape index (κ1) is 18.3. The van der Waals surface area contributed by atoms with Gasteiger partial charge in [-0.05, 0) is 52.5 Å². The number of benzene rings is 2. The summed E-state index contributed by atoms with van der Waals surface area (Å²) in [6.07, 6.45) is 2.33. The van der Waals surface area contributed by atoms with Crippen LogP contribution < -0.4 is 4.74 Å². The van der Waals surface area contributed by atoms with Crippen molar-refractivity contribution in [2.75, 3.05) is 0 Å². The second kappa shape index (κ2) is 6.35. The predicted octanol–water partition coefficient (Wildman–Crippen LogP) is 5.02. The van der Waals surface area contributed by atoms with Crippen LogP contribution in [0, 0.1) is 0 Å². The Morgan fingerprint density at radius 3 is 2.27 bits per heavy atom. The molecule has 2 aromatic rings. The predicted molar refractivity (Wildman–Crippen MR) is 101 cm³/mol. The van der Waals surface area contributed by atoms with Gasteiger partial charge in [-0.25, -0.2) is 4.79 Å². The third-order valence-electron chi connectivity index (χ3n) is 5.52. The molecule has 0 atom stereocenters. The number of aromatic carboxylic acids is 1. The Morgan fingerprint density at radius 1 is 1.00 bits per heavy atom. The van der Waals surface area contributed by atoms with Gasteiger partial charge in [0.05, 0.1) is 0 Å². The number of aromatic hydroxyl groups is 1. The molecule has 0 aliphatic heterocycles. The summed E-state index contributed by atoms with van der Waals surface area (Å²) in [5.74, 6) is -0.998. The van der Waals surface area contributed by atoms with E-state index in [1.165, 1.54) is 29.7 Å². The molecule has 0 saturated heterocycles. The second-order valence-electron chi connectivity index (χ2n) is 8.42. The third kappa shape index (κ3) is 3.41. The van der Waals surface area contributed by atoms with Crippen LogP contribution in [0.3, 0.4) is 0 Å². The lowest BCUT2D eigenvalue weighted by molar-refractivity contribution is 0.0693. The Morgan fingerprint density at radius 2 is 1.65 bits per heavy atom. The molecule has 0 bridgehead atoms. The number of hydrogen-bond donors (Lipinski definition) is 2. The van der Waals surface area contributed by atoms with Crippen molar-refractivity contribution in [3.05, 3.63) is 58.7 Å². The molecule has 3 rings (SSSR count). The fourth-order valence-corrected chi connectivity index (χ4v) is 3.67. The van der Waals surface area contributed by atoms with Crippen molar-refractivity contribution in [1.29, 1.82) is 0 Å². The summed E-state index contributed by atoms with van der Waals surface area (Å²) in [5.41, 5.74) is 4.04. The smallest absolute Gasteiger partial charge is 0.339 e. The van der Waals surface area contributed by atoms with Crippen LogP contribution in [-0.2, 0) is 17.4 Å². The Bertz CT molecular complexity index is 849. The first-order chi connectivity index (χ1) is 12.1. The van der Waals surface area contributed by atoms with Crippen LogP contribution in [-0.4, -0.2) is 16.2 Å². The van der Waals surface area contributed by atoms with Gasteiger partial charge in [-0.3, -0.25) is 0 Å². The van der Waals surface area contributed by atoms with E-state index < -0.39 is 5.97 Å². The van der Waals surface area contributed by atoms with Crippen LogP contribution in [0.1, 0.15) is 67.6 Å². The van der Waals surface area contributed by atoms with Gasteiger partial charge in [-0.15, -0.1) is 0 Å². The van der Waals surface area contributed by atoms with Gasteiger partial charge < -0.3 is 14.9 Å². The summed E-state index contributed by atoms with van der Waals surface area (Å²) in [4.78, 5) is 11.0. The number of carbonyl (C=O) groups is 1. The Labute approximate surface area is 154 Å². The molecule has 4 nitrogen and oxygen atoms in total. The molecule has 1 aliphatic carbocycles. The van der Waals surface area contributed by atoms with E-state index in [2.05, 4.69) is 45.9 Å². The summed E-state index contributed by atoms with van der Waals surface area (Å²) < 4.78 is 5.77. The van der Waals surface area contributed by atoms with Crippen LogP contribution in [0.5, 0.6) is 11.5 Å². The molecule has 0 fully saturated rings. The van der Waals surface area contributed by atoms with Crippen LogP contribution in [0.15, 0.2) is 36.4 Å². The average Bonchev–Trinajstić information content (AvgIpc) is 2.57. The van der Waals surface area contributed by atoms with Crippen LogP contribution in [0.4, 0.5) is 0 Å². The zero-order valence-electron chi connectivity index (χ0n) is 15.8. The van der Waals surface area contributed by atoms with Crippen molar-refractivity contribution in [3.63, 3.8) is 0 Å². The van der Waals surface area contributed by atoms with E-state index >= 15 is 0 Å². The van der Waals surface area contributed by atoms with Gasteiger partial charge in [0.1, 0.15) is 23.7 Å². The first-order valence-corrected chi connectivity index (χ1v) is 8.93. The SMILES string of the molecule is CC1(C)CCC(C)(C)c2cc(COc3ccc(C(=O)O)c(O)c3)ccc21. The van der Waals surface area contributed by atoms with E-state index in [4.69, 9.17) is 9.84 Å². The van der Waals surface area contributed by atoms with Crippen molar-refractivity contribution in [2.45, 2.75) is 58.0 Å². The summed E-state index contributed by atoms with van der Waals surface area (Å²) in [5, 5.41) is 18.7. The lowest BCUT2D eigenvalue weighted by Gasteiger charge is -2.42. The molecule has 4 heteroatoms. The summed E-state index contributed by atoms with van der Waals surface area (Å²) in [6.45, 7) is 9.53. The van der Waals surface area contributed by atoms with Gasteiger partial charge in [0, 0.05) is 6.07 Å². The van der Waals surface area contributed by atoms with Crippen molar-refractivity contribution in [3.8, 4) is 11.5 Å². The summed E-state index contributed by atoms with van der Waals surface area (Å²) in [6, 6.07) is 10.8. The number of ether oxygens (including phenoxy) is 1. The molecule has 138 valence electrons. The summed E-state index contributed by atoms with van der Waals surface area (Å²) in [7, 11) is 0. The summed E-state index contributed by atoms with van der Waals surface area (Å²) >= 11 is 0. The molecule has 26 heavy (non-hydrogen) atoms. The normalized spacial score (nSPS) is 17.4. The highest BCUT2D eigenvalue weighted by atomic mass is 16.5. The Kier molecular flexibility index (Phi) is 4.47. The van der Waals surface area contributed by atoms with E-state index in [0.717, 1.165) is 12.0 Å². The lowest BCUT2D eigenvalue weighted by atomic mass is 9.63. The van der Waals surface area contributed by atoms with E-state index in [9.17, 15) is 9.90 Å². The molecule has 0 amide bonds. The maximum atomic E-state index is 11.0. The van der Waals surface area contributed by atoms with Gasteiger partial charge in [0.25, 0.3) is 0 Å². The monoisotopic (exact) mass is 354 g/mol. The Balaban J connectivity index is 1.82. The van der Waals surface area contributed by atoms with E-state index in [-0.39, 0.29) is 22.1 Å². The highest BCUT2D eigenvalue weighted by Crippen LogP contribution is 2.45. The van der Waals surface area contributed by atoms with Crippen molar-refractivity contribution in [2.24, 2.45) is 0 Å². The van der Waals surface area contributed by atoms with Crippen LogP contribution >= 0.6 is 0 Å². The van der Waals surface area contributed by atoms with E-state index in [1.54, 1.807) is 6.07 Å². The fourth-order valence-electron chi connectivity index (χ4n) is 3.67. The van der Waals surface area contributed by atoms with Gasteiger partial charge in [-0.2, -0.15) is 0 Å². The minimum Gasteiger partial charge on any atom is -0.507 e. The zero-order valence-corrected chi connectivity index (χ0v) is 15.8. The van der Waals surface area contributed by atoms with Gasteiger partial charge in [0.2, 0.25) is 0 Å². The molecular formula is C22H26O4. The molecular weight excluding hydrogens is 328 g/mol. The number of carboxylic acids is 1. The van der Waals surface area contributed by atoms with Crippen molar-refractivity contribution >= 4 is 5.97 Å². The molecule has 0 heterocycles. The lowest BCUT2D eigenvalue weighted by Crippen LogP contribution is -2.33. The van der Waals surface area contributed by atoms with Crippen molar-refractivity contribution in [1.82, 2.24) is 0 Å². The van der Waals surface area contributed by atoms with Gasteiger partial charge >= 0.3 is 5.97 Å². The van der Waals surface area contributed by atoms with Crippen molar-refractivity contribution < 1.29 is 19.7 Å². The molecule has 0 aromatic heterocycles. The van der Waals surface area contributed by atoms with E-state index in [1.807, 2.05) is 0 Å². The molecule has 0 spiro atoms. The molecule has 2 aromatic carbocycles. The zero-order chi connectivity index (χ0) is 19.1.